The predicted octanol–water partition coefficient (Wildman–Crippen LogP) is 1.58. The van der Waals surface area contributed by atoms with Crippen molar-refractivity contribution >= 4 is 17.9 Å². The molecule has 1 rings (SSSR count). The molecule has 0 radical (unpaired) electrons. The topological polar surface area (TPSA) is 57.1 Å². The van der Waals surface area contributed by atoms with Crippen LogP contribution in [0.5, 0.6) is 11.5 Å². The molecular formula is C11H13NO4. The van der Waals surface area contributed by atoms with Crippen LogP contribution in [0, 0.1) is 0 Å². The van der Waals surface area contributed by atoms with Crippen molar-refractivity contribution in [2.24, 2.45) is 4.99 Å². The fraction of sp³-hybridized carbons (Fsp3) is 0.273. The lowest BCUT2D eigenvalue weighted by Crippen LogP contribution is -2.00. The minimum absolute atomic E-state index is 0.512. The maximum atomic E-state index is 10.9. The zero-order chi connectivity index (χ0) is 12.0. The predicted molar refractivity (Wildman–Crippen MR) is 59.7 cm³/mol. The summed E-state index contributed by atoms with van der Waals surface area (Å²) in [6.45, 7) is 0. The molecule has 0 aliphatic carbocycles. The highest BCUT2D eigenvalue weighted by atomic mass is 16.5. The van der Waals surface area contributed by atoms with Gasteiger partial charge < -0.3 is 14.2 Å². The number of methoxy groups -OCH3 is 3. The molecule has 0 spiro atoms. The second-order valence-corrected chi connectivity index (χ2v) is 2.85. The Morgan fingerprint density at radius 2 is 1.69 bits per heavy atom. The minimum atomic E-state index is -0.512. The molecule has 1 aromatic carbocycles. The summed E-state index contributed by atoms with van der Waals surface area (Å²) in [5.41, 5.74) is 0.557. The van der Waals surface area contributed by atoms with Crippen molar-refractivity contribution in [3.8, 4) is 11.5 Å². The van der Waals surface area contributed by atoms with Gasteiger partial charge in [0.25, 0.3) is 0 Å². The van der Waals surface area contributed by atoms with Gasteiger partial charge in [0.05, 0.1) is 27.0 Å². The highest BCUT2D eigenvalue weighted by molar-refractivity contribution is 6.23. The van der Waals surface area contributed by atoms with Gasteiger partial charge in [-0.2, -0.15) is 0 Å². The Labute approximate surface area is 93.7 Å². The van der Waals surface area contributed by atoms with Crippen LogP contribution >= 0.6 is 0 Å². The highest BCUT2D eigenvalue weighted by Gasteiger charge is 2.01. The van der Waals surface area contributed by atoms with Gasteiger partial charge in [-0.3, -0.25) is 0 Å². The van der Waals surface area contributed by atoms with E-state index in [2.05, 4.69) is 9.73 Å². The third kappa shape index (κ3) is 3.27. The summed E-state index contributed by atoms with van der Waals surface area (Å²) in [7, 11) is 4.38. The van der Waals surface area contributed by atoms with Crippen LogP contribution in [0.4, 0.5) is 5.69 Å². The first kappa shape index (κ1) is 12.0. The number of ether oxygens (including phenoxy) is 3. The Balaban J connectivity index is 2.95. The number of carbonyl (C=O) groups excluding carboxylic acids is 1. The Kier molecular flexibility index (Phi) is 4.32. The molecule has 86 valence electrons. The van der Waals surface area contributed by atoms with Gasteiger partial charge in [-0.15, -0.1) is 0 Å². The van der Waals surface area contributed by atoms with Crippen LogP contribution in [0.25, 0.3) is 0 Å². The van der Waals surface area contributed by atoms with Gasteiger partial charge >= 0.3 is 5.97 Å². The van der Waals surface area contributed by atoms with Crippen LogP contribution in [-0.2, 0) is 9.53 Å². The van der Waals surface area contributed by atoms with E-state index in [1.165, 1.54) is 7.11 Å². The lowest BCUT2D eigenvalue weighted by atomic mass is 10.3. The Morgan fingerprint density at radius 1 is 1.12 bits per heavy atom. The quantitative estimate of drug-likeness (QED) is 0.574. The summed E-state index contributed by atoms with van der Waals surface area (Å²) < 4.78 is 14.6. The van der Waals surface area contributed by atoms with Gasteiger partial charge in [0, 0.05) is 18.2 Å². The number of carbonyl (C=O) groups is 1. The molecule has 0 aliphatic rings. The molecule has 0 aliphatic heterocycles. The Bertz CT molecular complexity index is 379. The molecule has 0 saturated heterocycles. The van der Waals surface area contributed by atoms with Crippen LogP contribution < -0.4 is 9.47 Å². The summed E-state index contributed by atoms with van der Waals surface area (Å²) in [5, 5.41) is 0. The number of rotatable bonds is 4. The van der Waals surface area contributed by atoms with E-state index in [-0.39, 0.29) is 0 Å². The van der Waals surface area contributed by atoms with E-state index in [1.807, 2.05) is 0 Å². The molecule has 0 N–H and O–H groups in total. The Morgan fingerprint density at radius 3 is 2.12 bits per heavy atom. The van der Waals surface area contributed by atoms with Gasteiger partial charge in [0.2, 0.25) is 0 Å². The summed E-state index contributed by atoms with van der Waals surface area (Å²) in [4.78, 5) is 14.8. The van der Waals surface area contributed by atoms with Crippen LogP contribution in [0.15, 0.2) is 23.2 Å². The molecule has 0 heterocycles. The number of hydrogen-bond acceptors (Lipinski definition) is 5. The first-order chi connectivity index (χ1) is 7.69. The lowest BCUT2D eigenvalue weighted by Gasteiger charge is -2.05. The molecule has 0 atom stereocenters. The average molecular weight is 223 g/mol. The normalized spacial score (nSPS) is 10.2. The lowest BCUT2D eigenvalue weighted by molar-refractivity contribution is -0.132. The van der Waals surface area contributed by atoms with Crippen molar-refractivity contribution < 1.29 is 19.0 Å². The van der Waals surface area contributed by atoms with E-state index in [1.54, 1.807) is 32.4 Å². The smallest absolute Gasteiger partial charge is 0.349 e. The fourth-order valence-electron chi connectivity index (χ4n) is 1.05. The number of esters is 1. The average Bonchev–Trinajstić information content (AvgIpc) is 2.35. The van der Waals surface area contributed by atoms with Crippen LogP contribution in [-0.4, -0.2) is 33.5 Å². The van der Waals surface area contributed by atoms with Gasteiger partial charge in [0.15, 0.2) is 0 Å². The third-order valence-corrected chi connectivity index (χ3v) is 1.86. The second kappa shape index (κ2) is 5.75. The van der Waals surface area contributed by atoms with Gasteiger partial charge in [0.1, 0.15) is 17.7 Å². The highest BCUT2D eigenvalue weighted by Crippen LogP contribution is 2.27. The molecule has 0 bridgehead atoms. The standard InChI is InChI=1S/C11H13NO4/c1-14-9-4-8(5-10(6-9)15-2)12-7-11(13)16-3/h4-7H,1-3H3. The second-order valence-electron chi connectivity index (χ2n) is 2.85. The number of aliphatic imine (C=N–C) groups is 1. The van der Waals surface area contributed by atoms with E-state index in [0.717, 1.165) is 6.21 Å². The maximum Gasteiger partial charge on any atom is 0.349 e. The van der Waals surface area contributed by atoms with Gasteiger partial charge in [-0.1, -0.05) is 0 Å². The molecule has 1 aromatic rings. The van der Waals surface area contributed by atoms with Crippen LogP contribution in [0.1, 0.15) is 0 Å². The number of hydrogen-bond donors (Lipinski definition) is 0. The molecular weight excluding hydrogens is 210 g/mol. The summed E-state index contributed by atoms with van der Waals surface area (Å²) in [6, 6.07) is 5.08. The van der Waals surface area contributed by atoms with Crippen molar-refractivity contribution in [3.63, 3.8) is 0 Å². The summed E-state index contributed by atoms with van der Waals surface area (Å²) in [5.74, 6) is 0.703. The zero-order valence-corrected chi connectivity index (χ0v) is 9.39. The van der Waals surface area contributed by atoms with Gasteiger partial charge in [-0.05, 0) is 0 Å². The van der Waals surface area contributed by atoms with Crippen LogP contribution in [0.2, 0.25) is 0 Å². The molecule has 0 aromatic heterocycles. The van der Waals surface area contributed by atoms with Crippen molar-refractivity contribution in [2.75, 3.05) is 21.3 Å². The van der Waals surface area contributed by atoms with Crippen molar-refractivity contribution in [1.29, 1.82) is 0 Å². The first-order valence-corrected chi connectivity index (χ1v) is 4.54. The van der Waals surface area contributed by atoms with E-state index in [4.69, 9.17) is 9.47 Å². The molecule has 5 heteroatoms. The molecule has 0 amide bonds. The molecule has 16 heavy (non-hydrogen) atoms. The largest absolute Gasteiger partial charge is 0.497 e. The summed E-state index contributed by atoms with van der Waals surface area (Å²) in [6.07, 6.45) is 1.09. The molecule has 0 saturated carbocycles. The van der Waals surface area contributed by atoms with Crippen molar-refractivity contribution in [3.05, 3.63) is 18.2 Å². The molecule has 5 nitrogen and oxygen atoms in total. The van der Waals surface area contributed by atoms with Gasteiger partial charge in [-0.25, -0.2) is 9.79 Å². The SMILES string of the molecule is COC(=O)C=Nc1cc(OC)cc(OC)c1. The van der Waals surface area contributed by atoms with Crippen LogP contribution in [0.3, 0.4) is 0 Å². The first-order valence-electron chi connectivity index (χ1n) is 4.54. The third-order valence-electron chi connectivity index (χ3n) is 1.86. The van der Waals surface area contributed by atoms with E-state index >= 15 is 0 Å². The monoisotopic (exact) mass is 223 g/mol. The van der Waals surface area contributed by atoms with Crippen molar-refractivity contribution in [2.45, 2.75) is 0 Å². The number of benzene rings is 1. The summed E-state index contributed by atoms with van der Waals surface area (Å²) >= 11 is 0. The number of nitrogens with zero attached hydrogens (tertiary/aromatic N) is 1. The molecule has 0 fully saturated rings. The van der Waals surface area contributed by atoms with Crippen molar-refractivity contribution in [1.82, 2.24) is 0 Å². The minimum Gasteiger partial charge on any atom is -0.497 e. The van der Waals surface area contributed by atoms with E-state index in [0.29, 0.717) is 17.2 Å². The molecule has 0 unspecified atom stereocenters. The maximum absolute atomic E-state index is 10.9. The Hall–Kier alpha value is -2.04. The van der Waals surface area contributed by atoms with E-state index < -0.39 is 5.97 Å². The zero-order valence-electron chi connectivity index (χ0n) is 9.39. The fourth-order valence-corrected chi connectivity index (χ4v) is 1.05. The van der Waals surface area contributed by atoms with E-state index in [9.17, 15) is 4.79 Å².